The molecule has 0 saturated heterocycles. The topological polar surface area (TPSA) is 99.0 Å². The van der Waals surface area contributed by atoms with Crippen LogP contribution in [0.5, 0.6) is 5.75 Å². The second-order valence-electron chi connectivity index (χ2n) is 6.56. The van der Waals surface area contributed by atoms with Gasteiger partial charge in [-0.05, 0) is 18.2 Å². The van der Waals surface area contributed by atoms with Gasteiger partial charge in [-0.25, -0.2) is 14.6 Å². The summed E-state index contributed by atoms with van der Waals surface area (Å²) in [7, 11) is 0. The summed E-state index contributed by atoms with van der Waals surface area (Å²) >= 11 is 0. The maximum atomic E-state index is 12.6. The van der Waals surface area contributed by atoms with Crippen LogP contribution in [0, 0.1) is 0 Å². The highest BCUT2D eigenvalue weighted by molar-refractivity contribution is 6.02. The average Bonchev–Trinajstić information content (AvgIpc) is 2.82. The number of para-hydroxylation sites is 1. The summed E-state index contributed by atoms with van der Waals surface area (Å²) in [5.41, 5.74) is 1.10. The highest BCUT2D eigenvalue weighted by Crippen LogP contribution is 2.15. The van der Waals surface area contributed by atoms with Crippen molar-refractivity contribution in [1.29, 1.82) is 0 Å². The van der Waals surface area contributed by atoms with Crippen LogP contribution in [-0.4, -0.2) is 32.3 Å². The molecule has 0 saturated carbocycles. The number of carbonyl (C=O) groups is 1. The zero-order chi connectivity index (χ0) is 21.5. The third-order valence-corrected chi connectivity index (χ3v) is 4.36. The fraction of sp³-hybridized carbons (Fsp3) is 0.0870. The quantitative estimate of drug-likeness (QED) is 0.500. The van der Waals surface area contributed by atoms with Crippen molar-refractivity contribution in [1.82, 2.24) is 19.7 Å². The van der Waals surface area contributed by atoms with Gasteiger partial charge in [0.15, 0.2) is 5.82 Å². The maximum absolute atomic E-state index is 12.6. The zero-order valence-corrected chi connectivity index (χ0v) is 16.5. The van der Waals surface area contributed by atoms with Crippen LogP contribution in [0.15, 0.2) is 90.0 Å². The second kappa shape index (κ2) is 9.45. The predicted molar refractivity (Wildman–Crippen MR) is 116 cm³/mol. The zero-order valence-electron chi connectivity index (χ0n) is 16.5. The van der Waals surface area contributed by atoms with Crippen molar-refractivity contribution in [2.24, 2.45) is 0 Å². The standard InChI is InChI=1S/C23H19N5O3/c29-21-12-11-20(27-28(21)13-14-31-19-9-5-2-6-10-19)23(30)26-18-15-24-22(25-16-18)17-7-3-1-4-8-17/h1-12,15-16H,13-14H2,(H,26,30). The Bertz CT molecular complexity index is 1210. The third kappa shape index (κ3) is 5.18. The van der Waals surface area contributed by atoms with Crippen molar-refractivity contribution in [3.8, 4) is 17.1 Å². The van der Waals surface area contributed by atoms with Crippen LogP contribution >= 0.6 is 0 Å². The van der Waals surface area contributed by atoms with E-state index >= 15 is 0 Å². The summed E-state index contributed by atoms with van der Waals surface area (Å²) in [5.74, 6) is 0.792. The number of nitrogens with one attached hydrogen (secondary N) is 1. The number of hydrogen-bond donors (Lipinski definition) is 1. The Morgan fingerprint density at radius 3 is 2.29 bits per heavy atom. The summed E-state index contributed by atoms with van der Waals surface area (Å²) in [6.45, 7) is 0.459. The average molecular weight is 413 g/mol. The van der Waals surface area contributed by atoms with Gasteiger partial charge in [-0.15, -0.1) is 0 Å². The molecule has 0 aliphatic heterocycles. The van der Waals surface area contributed by atoms with E-state index in [-0.39, 0.29) is 24.4 Å². The number of rotatable bonds is 7. The largest absolute Gasteiger partial charge is 0.492 e. The molecule has 31 heavy (non-hydrogen) atoms. The van der Waals surface area contributed by atoms with E-state index in [4.69, 9.17) is 4.74 Å². The van der Waals surface area contributed by atoms with Crippen LogP contribution in [0.2, 0.25) is 0 Å². The van der Waals surface area contributed by atoms with Crippen molar-refractivity contribution >= 4 is 11.6 Å². The molecule has 1 N–H and O–H groups in total. The highest BCUT2D eigenvalue weighted by atomic mass is 16.5. The number of anilines is 1. The number of carbonyl (C=O) groups excluding carboxylic acids is 1. The first-order chi connectivity index (χ1) is 15.2. The van der Waals surface area contributed by atoms with Crippen LogP contribution in [-0.2, 0) is 6.54 Å². The van der Waals surface area contributed by atoms with E-state index in [0.717, 1.165) is 5.56 Å². The fourth-order valence-electron chi connectivity index (χ4n) is 2.82. The summed E-state index contributed by atoms with van der Waals surface area (Å²) < 4.78 is 6.79. The molecule has 0 radical (unpaired) electrons. The lowest BCUT2D eigenvalue weighted by Crippen LogP contribution is -2.28. The minimum absolute atomic E-state index is 0.103. The van der Waals surface area contributed by atoms with Gasteiger partial charge in [-0.1, -0.05) is 48.5 Å². The van der Waals surface area contributed by atoms with Crippen LogP contribution in [0.1, 0.15) is 10.5 Å². The van der Waals surface area contributed by atoms with Crippen molar-refractivity contribution < 1.29 is 9.53 Å². The first-order valence-electron chi connectivity index (χ1n) is 9.64. The molecule has 4 aromatic rings. The molecule has 1 amide bonds. The van der Waals surface area contributed by atoms with Gasteiger partial charge in [0.2, 0.25) is 0 Å². The molecule has 154 valence electrons. The Kier molecular flexibility index (Phi) is 6.08. The number of hydrogen-bond acceptors (Lipinski definition) is 6. The first-order valence-corrected chi connectivity index (χ1v) is 9.64. The normalized spacial score (nSPS) is 10.5. The molecule has 4 rings (SSSR count). The second-order valence-corrected chi connectivity index (χ2v) is 6.56. The van der Waals surface area contributed by atoms with E-state index < -0.39 is 5.91 Å². The third-order valence-electron chi connectivity index (χ3n) is 4.36. The number of amides is 1. The van der Waals surface area contributed by atoms with E-state index in [0.29, 0.717) is 17.3 Å². The van der Waals surface area contributed by atoms with Gasteiger partial charge in [0.1, 0.15) is 18.1 Å². The molecule has 8 heteroatoms. The molecule has 2 aromatic carbocycles. The lowest BCUT2D eigenvalue weighted by Gasteiger charge is -2.09. The summed E-state index contributed by atoms with van der Waals surface area (Å²) in [4.78, 5) is 33.2. The first kappa shape index (κ1) is 20.0. The van der Waals surface area contributed by atoms with Gasteiger partial charge < -0.3 is 10.1 Å². The lowest BCUT2D eigenvalue weighted by atomic mass is 10.2. The number of nitrogens with zero attached hydrogens (tertiary/aromatic N) is 4. The van der Waals surface area contributed by atoms with Crippen molar-refractivity contribution in [3.63, 3.8) is 0 Å². The minimum Gasteiger partial charge on any atom is -0.492 e. The van der Waals surface area contributed by atoms with Crippen LogP contribution in [0.4, 0.5) is 5.69 Å². The van der Waals surface area contributed by atoms with Crippen molar-refractivity contribution in [3.05, 3.63) is 101 Å². The molecule has 8 nitrogen and oxygen atoms in total. The summed E-state index contributed by atoms with van der Waals surface area (Å²) in [6.07, 6.45) is 3.05. The predicted octanol–water partition coefficient (Wildman–Crippen LogP) is 3.03. The molecule has 0 aliphatic rings. The molecule has 0 aliphatic carbocycles. The van der Waals surface area contributed by atoms with Gasteiger partial charge in [-0.3, -0.25) is 9.59 Å². The van der Waals surface area contributed by atoms with E-state index in [2.05, 4.69) is 20.4 Å². The number of aromatic nitrogens is 4. The van der Waals surface area contributed by atoms with Gasteiger partial charge in [-0.2, -0.15) is 5.10 Å². The molecule has 2 aromatic heterocycles. The van der Waals surface area contributed by atoms with Crippen LogP contribution < -0.4 is 15.6 Å². The van der Waals surface area contributed by atoms with Crippen molar-refractivity contribution in [2.45, 2.75) is 6.54 Å². The van der Waals surface area contributed by atoms with Gasteiger partial charge >= 0.3 is 0 Å². The smallest absolute Gasteiger partial charge is 0.276 e. The Morgan fingerprint density at radius 1 is 0.903 bits per heavy atom. The molecule has 0 unspecified atom stereocenters. The molecular weight excluding hydrogens is 394 g/mol. The Labute approximate surface area is 178 Å². The Hall–Kier alpha value is -4.33. The molecular formula is C23H19N5O3. The molecule has 0 bridgehead atoms. The highest BCUT2D eigenvalue weighted by Gasteiger charge is 2.11. The van der Waals surface area contributed by atoms with E-state index in [1.165, 1.54) is 29.2 Å². The molecule has 2 heterocycles. The van der Waals surface area contributed by atoms with Crippen LogP contribution in [0.25, 0.3) is 11.4 Å². The summed E-state index contributed by atoms with van der Waals surface area (Å²) in [6, 6.07) is 21.5. The molecule has 0 fully saturated rings. The van der Waals surface area contributed by atoms with Gasteiger partial charge in [0.05, 0.1) is 24.6 Å². The van der Waals surface area contributed by atoms with Gasteiger partial charge in [0, 0.05) is 11.6 Å². The lowest BCUT2D eigenvalue weighted by molar-refractivity contribution is 0.101. The Morgan fingerprint density at radius 2 is 1.58 bits per heavy atom. The minimum atomic E-state index is -0.464. The van der Waals surface area contributed by atoms with E-state index in [1.807, 2.05) is 60.7 Å². The number of ether oxygens (including phenoxy) is 1. The fourth-order valence-corrected chi connectivity index (χ4v) is 2.82. The monoisotopic (exact) mass is 413 g/mol. The van der Waals surface area contributed by atoms with E-state index in [9.17, 15) is 9.59 Å². The summed E-state index contributed by atoms with van der Waals surface area (Å²) in [5, 5.41) is 6.83. The maximum Gasteiger partial charge on any atom is 0.276 e. The van der Waals surface area contributed by atoms with E-state index in [1.54, 1.807) is 0 Å². The molecule has 0 spiro atoms. The number of benzene rings is 2. The van der Waals surface area contributed by atoms with Crippen molar-refractivity contribution in [2.75, 3.05) is 11.9 Å². The van der Waals surface area contributed by atoms with Gasteiger partial charge in [0.25, 0.3) is 11.5 Å². The van der Waals surface area contributed by atoms with Crippen LogP contribution in [0.3, 0.4) is 0 Å². The SMILES string of the molecule is O=C(Nc1cnc(-c2ccccc2)nc1)c1ccc(=O)n(CCOc2ccccc2)n1. The molecule has 0 atom stereocenters. The Balaban J connectivity index is 1.40.